The molecule has 4 rings (SSSR count). The average Bonchev–Trinajstić information content (AvgIpc) is 3.15. The van der Waals surface area contributed by atoms with E-state index < -0.39 is 6.17 Å². The van der Waals surface area contributed by atoms with Gasteiger partial charge in [-0.25, -0.2) is 9.67 Å². The zero-order chi connectivity index (χ0) is 19.7. The zero-order valence-electron chi connectivity index (χ0n) is 15.3. The fourth-order valence-corrected chi connectivity index (χ4v) is 4.19. The maximum absolute atomic E-state index is 11.9. The molecule has 146 valence electrons. The number of aromatic nitrogens is 3. The molecule has 1 atom stereocenters. The van der Waals surface area contributed by atoms with Crippen LogP contribution in [0.3, 0.4) is 0 Å². The number of pyridine rings is 1. The summed E-state index contributed by atoms with van der Waals surface area (Å²) in [6.45, 7) is 3.08. The molecule has 0 saturated carbocycles. The summed E-state index contributed by atoms with van der Waals surface area (Å²) in [4.78, 5) is 20.6. The Bertz CT molecular complexity index is 1000. The van der Waals surface area contributed by atoms with Crippen LogP contribution < -0.4 is 9.64 Å². The second-order valence-corrected chi connectivity index (χ2v) is 8.10. The number of carbonyl (C=O) groups is 1. The molecule has 1 saturated heterocycles. The highest BCUT2D eigenvalue weighted by atomic mass is 127. The van der Waals surface area contributed by atoms with Crippen molar-refractivity contribution in [1.29, 1.82) is 0 Å². The van der Waals surface area contributed by atoms with E-state index in [-0.39, 0.29) is 0 Å². The van der Waals surface area contributed by atoms with Crippen molar-refractivity contribution in [3.8, 4) is 5.75 Å². The number of aldehydes is 1. The molecule has 0 bridgehead atoms. The van der Waals surface area contributed by atoms with Gasteiger partial charge < -0.3 is 9.64 Å². The molecule has 1 fully saturated rings. The maximum Gasteiger partial charge on any atom is 0.182 e. The van der Waals surface area contributed by atoms with Crippen molar-refractivity contribution < 1.29 is 9.53 Å². The lowest BCUT2D eigenvalue weighted by molar-refractivity contribution is -0.115. The molecule has 28 heavy (non-hydrogen) atoms. The van der Waals surface area contributed by atoms with Crippen molar-refractivity contribution in [3.63, 3.8) is 0 Å². The Balaban J connectivity index is 1.50. The van der Waals surface area contributed by atoms with E-state index in [1.54, 1.807) is 18.0 Å². The zero-order valence-corrected chi connectivity index (χ0v) is 18.2. The number of anilines is 1. The normalized spacial score (nSPS) is 16.3. The van der Waals surface area contributed by atoms with Gasteiger partial charge in [0.25, 0.3) is 0 Å². The van der Waals surface area contributed by atoms with Crippen molar-refractivity contribution in [2.75, 3.05) is 38.2 Å². The fourth-order valence-electron chi connectivity index (χ4n) is 3.45. The van der Waals surface area contributed by atoms with Crippen molar-refractivity contribution >= 4 is 57.2 Å². The van der Waals surface area contributed by atoms with Crippen LogP contribution in [0.15, 0.2) is 36.7 Å². The summed E-state index contributed by atoms with van der Waals surface area (Å²) < 4.78 is 8.10. The highest BCUT2D eigenvalue weighted by molar-refractivity contribution is 14.1. The van der Waals surface area contributed by atoms with Gasteiger partial charge in [-0.2, -0.15) is 5.10 Å². The molecule has 0 radical (unpaired) electrons. The van der Waals surface area contributed by atoms with E-state index in [0.29, 0.717) is 16.4 Å². The summed E-state index contributed by atoms with van der Waals surface area (Å²) in [6.07, 6.45) is 4.14. The smallest absolute Gasteiger partial charge is 0.182 e. The van der Waals surface area contributed by atoms with Crippen LogP contribution in [0.1, 0.15) is 6.17 Å². The number of ether oxygens (including phenoxy) is 1. The predicted molar refractivity (Wildman–Crippen MR) is 117 cm³/mol. The Labute approximate surface area is 181 Å². The minimum Gasteiger partial charge on any atom is -0.495 e. The molecule has 2 aromatic heterocycles. The van der Waals surface area contributed by atoms with Crippen LogP contribution in [0.25, 0.3) is 11.0 Å². The summed E-state index contributed by atoms with van der Waals surface area (Å²) in [5, 5.41) is 6.07. The quantitative estimate of drug-likeness (QED) is 0.387. The molecule has 1 aromatic carbocycles. The van der Waals surface area contributed by atoms with E-state index in [4.69, 9.17) is 16.3 Å². The molecule has 3 heterocycles. The third-order valence-electron chi connectivity index (χ3n) is 4.97. The highest BCUT2D eigenvalue weighted by Gasteiger charge is 2.26. The van der Waals surface area contributed by atoms with Gasteiger partial charge in [-0.05, 0) is 40.8 Å². The number of hydrogen-bond donors (Lipinski definition) is 0. The lowest BCUT2D eigenvalue weighted by Crippen LogP contribution is -2.49. The van der Waals surface area contributed by atoms with Crippen LogP contribution in [0, 0.1) is 3.57 Å². The first-order valence-electron chi connectivity index (χ1n) is 8.88. The minimum atomic E-state index is -0.438. The lowest BCUT2D eigenvalue weighted by Gasteiger charge is -2.38. The summed E-state index contributed by atoms with van der Waals surface area (Å²) >= 11 is 8.38. The second-order valence-electron chi connectivity index (χ2n) is 6.53. The number of carbonyl (C=O) groups excluding carboxylic acids is 1. The average molecular weight is 512 g/mol. The van der Waals surface area contributed by atoms with Crippen molar-refractivity contribution in [1.82, 2.24) is 19.7 Å². The Morgan fingerprint density at radius 3 is 2.71 bits per heavy atom. The third kappa shape index (κ3) is 3.68. The summed E-state index contributed by atoms with van der Waals surface area (Å²) in [5.41, 5.74) is 1.72. The minimum absolute atomic E-state index is 0.438. The van der Waals surface area contributed by atoms with Crippen LogP contribution in [0.5, 0.6) is 5.75 Å². The molecule has 1 aliphatic heterocycles. The van der Waals surface area contributed by atoms with Crippen LogP contribution >= 0.6 is 34.2 Å². The number of fused-ring (bicyclic) bond motifs is 1. The van der Waals surface area contributed by atoms with Crippen molar-refractivity contribution in [3.05, 3.63) is 45.3 Å². The largest absolute Gasteiger partial charge is 0.495 e. The van der Waals surface area contributed by atoms with Gasteiger partial charge in [0, 0.05) is 53.9 Å². The van der Waals surface area contributed by atoms with Gasteiger partial charge in [-0.3, -0.25) is 9.69 Å². The number of halogens is 2. The molecular weight excluding hydrogens is 493 g/mol. The standard InChI is InChI=1S/C19H19ClIN5O2/c1-28-17-10-13(2-3-15(17)20)24-6-8-25(9-7-24)18(12-27)26-11-14-16(21)4-5-22-19(14)23-26/h2-5,10-12,18H,6-9H2,1H3. The fraction of sp³-hybridized carbons (Fsp3) is 0.316. The highest BCUT2D eigenvalue weighted by Crippen LogP contribution is 2.30. The molecule has 0 aliphatic carbocycles. The Morgan fingerprint density at radius 1 is 1.25 bits per heavy atom. The number of piperazine rings is 1. The maximum atomic E-state index is 11.9. The topological polar surface area (TPSA) is 63.5 Å². The summed E-state index contributed by atoms with van der Waals surface area (Å²) in [6, 6.07) is 7.72. The number of nitrogens with zero attached hydrogens (tertiary/aromatic N) is 5. The summed E-state index contributed by atoms with van der Waals surface area (Å²) in [7, 11) is 1.61. The summed E-state index contributed by atoms with van der Waals surface area (Å²) in [5.74, 6) is 0.665. The van der Waals surface area contributed by atoms with Gasteiger partial charge in [0.15, 0.2) is 18.1 Å². The van der Waals surface area contributed by atoms with E-state index in [9.17, 15) is 4.79 Å². The van der Waals surface area contributed by atoms with E-state index in [2.05, 4.69) is 42.5 Å². The van der Waals surface area contributed by atoms with Gasteiger partial charge in [0.1, 0.15) is 5.75 Å². The SMILES string of the molecule is COc1cc(N2CCN(C(C=O)n3cc4c(I)ccnc4n3)CC2)ccc1Cl. The molecule has 3 aromatic rings. The van der Waals surface area contributed by atoms with Gasteiger partial charge in [0.2, 0.25) is 0 Å². The molecule has 1 aliphatic rings. The first kappa shape index (κ1) is 19.4. The number of methoxy groups -OCH3 is 1. The van der Waals surface area contributed by atoms with Gasteiger partial charge in [-0.1, -0.05) is 11.6 Å². The van der Waals surface area contributed by atoms with E-state index in [1.165, 1.54) is 0 Å². The second kappa shape index (κ2) is 8.22. The van der Waals surface area contributed by atoms with Crippen LogP contribution in [-0.2, 0) is 4.79 Å². The first-order valence-corrected chi connectivity index (χ1v) is 10.3. The third-order valence-corrected chi connectivity index (χ3v) is 6.22. The molecule has 0 spiro atoms. The van der Waals surface area contributed by atoms with E-state index in [0.717, 1.165) is 47.1 Å². The molecule has 7 nitrogen and oxygen atoms in total. The Kier molecular flexibility index (Phi) is 5.70. The van der Waals surface area contributed by atoms with E-state index >= 15 is 0 Å². The van der Waals surface area contributed by atoms with Crippen LogP contribution in [0.2, 0.25) is 5.02 Å². The first-order chi connectivity index (χ1) is 13.6. The van der Waals surface area contributed by atoms with Crippen molar-refractivity contribution in [2.45, 2.75) is 6.17 Å². The van der Waals surface area contributed by atoms with E-state index in [1.807, 2.05) is 30.5 Å². The Morgan fingerprint density at radius 2 is 2.04 bits per heavy atom. The van der Waals surface area contributed by atoms with Gasteiger partial charge in [0.05, 0.1) is 17.5 Å². The van der Waals surface area contributed by atoms with Crippen LogP contribution in [-0.4, -0.2) is 59.2 Å². The van der Waals surface area contributed by atoms with Crippen molar-refractivity contribution in [2.24, 2.45) is 0 Å². The van der Waals surface area contributed by atoms with Gasteiger partial charge in [-0.15, -0.1) is 0 Å². The Hall–Kier alpha value is -1.91. The lowest BCUT2D eigenvalue weighted by atomic mass is 10.2. The monoisotopic (exact) mass is 511 g/mol. The molecule has 1 unspecified atom stereocenters. The number of hydrogen-bond acceptors (Lipinski definition) is 6. The molecule has 0 amide bonds. The predicted octanol–water partition coefficient (Wildman–Crippen LogP) is 3.22. The molecule has 0 N–H and O–H groups in total. The van der Waals surface area contributed by atoms with Crippen LogP contribution in [0.4, 0.5) is 5.69 Å². The number of benzene rings is 1. The number of rotatable bonds is 5. The molecule has 9 heteroatoms. The van der Waals surface area contributed by atoms with Gasteiger partial charge >= 0.3 is 0 Å². The molecular formula is C19H19ClIN5O2.